The molecule has 0 radical (unpaired) electrons. The molecule has 20 heavy (non-hydrogen) atoms. The lowest BCUT2D eigenvalue weighted by Crippen LogP contribution is -2.04. The first-order chi connectivity index (χ1) is 9.72. The lowest BCUT2D eigenvalue weighted by atomic mass is 10.1. The smallest absolute Gasteiger partial charge is 0.183 e. The topological polar surface area (TPSA) is 24.9 Å². The average Bonchev–Trinajstić information content (AvgIpc) is 2.82. The van der Waals surface area contributed by atoms with E-state index in [1.54, 1.807) is 11.3 Å². The highest BCUT2D eigenvalue weighted by molar-refractivity contribution is 7.22. The lowest BCUT2D eigenvalue weighted by Gasteiger charge is -2.02. The van der Waals surface area contributed by atoms with Crippen LogP contribution in [0, 0.1) is 6.92 Å². The minimum absolute atomic E-state index is 0.777. The van der Waals surface area contributed by atoms with Crippen LogP contribution in [-0.2, 0) is 6.42 Å². The molecule has 102 valence electrons. The molecule has 0 amide bonds. The minimum Gasteiger partial charge on any atom is -0.361 e. The van der Waals surface area contributed by atoms with E-state index < -0.39 is 0 Å². The number of aromatic nitrogens is 1. The Bertz CT molecular complexity index is 683. The van der Waals surface area contributed by atoms with Gasteiger partial charge in [0, 0.05) is 11.6 Å². The van der Waals surface area contributed by atoms with Gasteiger partial charge in [-0.3, -0.25) is 0 Å². The number of hydrogen-bond donors (Lipinski definition) is 1. The zero-order valence-electron chi connectivity index (χ0n) is 11.2. The van der Waals surface area contributed by atoms with Gasteiger partial charge >= 0.3 is 0 Å². The fourth-order valence-electron chi connectivity index (χ4n) is 2.08. The summed E-state index contributed by atoms with van der Waals surface area (Å²) in [7, 11) is 0. The van der Waals surface area contributed by atoms with E-state index in [4.69, 9.17) is 11.6 Å². The first-order valence-corrected chi connectivity index (χ1v) is 7.76. The second-order valence-corrected chi connectivity index (χ2v) is 6.19. The van der Waals surface area contributed by atoms with Gasteiger partial charge in [0.2, 0.25) is 0 Å². The third kappa shape index (κ3) is 2.94. The molecule has 2 aromatic carbocycles. The molecule has 0 unspecified atom stereocenters. The molecule has 0 aliphatic heterocycles. The van der Waals surface area contributed by atoms with E-state index in [1.807, 2.05) is 19.1 Å². The van der Waals surface area contributed by atoms with E-state index in [9.17, 15) is 0 Å². The largest absolute Gasteiger partial charge is 0.361 e. The van der Waals surface area contributed by atoms with Crippen molar-refractivity contribution >= 4 is 38.3 Å². The summed E-state index contributed by atoms with van der Waals surface area (Å²) in [5, 5.41) is 5.12. The summed E-state index contributed by atoms with van der Waals surface area (Å²) >= 11 is 7.80. The summed E-state index contributed by atoms with van der Waals surface area (Å²) in [6.45, 7) is 2.90. The number of benzene rings is 2. The SMILES string of the molecule is Cc1cc2sc(NCCc3ccccc3)nc2cc1Cl. The summed E-state index contributed by atoms with van der Waals surface area (Å²) in [5.41, 5.74) is 3.39. The Morgan fingerprint density at radius 3 is 2.80 bits per heavy atom. The zero-order valence-corrected chi connectivity index (χ0v) is 12.8. The third-order valence-corrected chi connectivity index (χ3v) is 4.58. The maximum Gasteiger partial charge on any atom is 0.183 e. The molecule has 3 aromatic rings. The fraction of sp³-hybridized carbons (Fsp3) is 0.188. The predicted molar refractivity (Wildman–Crippen MR) is 88.0 cm³/mol. The quantitative estimate of drug-likeness (QED) is 0.740. The molecule has 0 saturated heterocycles. The third-order valence-electron chi connectivity index (χ3n) is 3.20. The Hall–Kier alpha value is -1.58. The highest BCUT2D eigenvalue weighted by Gasteiger charge is 2.06. The first kappa shape index (κ1) is 13.4. The van der Waals surface area contributed by atoms with Crippen LogP contribution in [0.4, 0.5) is 5.13 Å². The standard InChI is InChI=1S/C16H15ClN2S/c1-11-9-15-14(10-13(11)17)19-16(20-15)18-8-7-12-5-3-2-4-6-12/h2-6,9-10H,7-8H2,1H3,(H,18,19). The van der Waals surface area contributed by atoms with Gasteiger partial charge in [-0.25, -0.2) is 4.98 Å². The van der Waals surface area contributed by atoms with Gasteiger partial charge in [0.05, 0.1) is 10.2 Å². The molecule has 0 aliphatic carbocycles. The van der Waals surface area contributed by atoms with Crippen molar-refractivity contribution in [1.29, 1.82) is 0 Å². The molecule has 2 nitrogen and oxygen atoms in total. The van der Waals surface area contributed by atoms with Gasteiger partial charge in [0.25, 0.3) is 0 Å². The second-order valence-electron chi connectivity index (χ2n) is 4.75. The Kier molecular flexibility index (Phi) is 3.90. The van der Waals surface area contributed by atoms with Gasteiger partial charge in [-0.05, 0) is 36.6 Å². The van der Waals surface area contributed by atoms with Gasteiger partial charge in [-0.15, -0.1) is 0 Å². The molecule has 4 heteroatoms. The van der Waals surface area contributed by atoms with Crippen molar-refractivity contribution in [2.75, 3.05) is 11.9 Å². The van der Waals surface area contributed by atoms with Gasteiger partial charge < -0.3 is 5.32 Å². The van der Waals surface area contributed by atoms with Crippen LogP contribution < -0.4 is 5.32 Å². The van der Waals surface area contributed by atoms with Crippen LogP contribution >= 0.6 is 22.9 Å². The number of aryl methyl sites for hydroxylation is 1. The molecule has 0 bridgehead atoms. The van der Waals surface area contributed by atoms with Crippen molar-refractivity contribution in [2.45, 2.75) is 13.3 Å². The Morgan fingerprint density at radius 2 is 2.00 bits per heavy atom. The molecule has 0 fully saturated rings. The van der Waals surface area contributed by atoms with Crippen LogP contribution in [0.3, 0.4) is 0 Å². The molecular formula is C16H15ClN2S. The van der Waals surface area contributed by atoms with Gasteiger partial charge in [-0.1, -0.05) is 53.3 Å². The number of fused-ring (bicyclic) bond motifs is 1. The normalized spacial score (nSPS) is 10.9. The van der Waals surface area contributed by atoms with Crippen LogP contribution in [0.1, 0.15) is 11.1 Å². The second kappa shape index (κ2) is 5.81. The Morgan fingerprint density at radius 1 is 1.20 bits per heavy atom. The summed E-state index contributed by atoms with van der Waals surface area (Å²) < 4.78 is 1.18. The van der Waals surface area contributed by atoms with Crippen molar-refractivity contribution in [1.82, 2.24) is 4.98 Å². The van der Waals surface area contributed by atoms with Crippen molar-refractivity contribution in [3.05, 3.63) is 58.6 Å². The molecule has 1 aromatic heterocycles. The number of hydrogen-bond acceptors (Lipinski definition) is 3. The Balaban J connectivity index is 1.69. The molecule has 0 spiro atoms. The number of halogens is 1. The van der Waals surface area contributed by atoms with E-state index in [-0.39, 0.29) is 0 Å². The highest BCUT2D eigenvalue weighted by atomic mass is 35.5. The van der Waals surface area contributed by atoms with Crippen molar-refractivity contribution < 1.29 is 0 Å². The summed E-state index contributed by atoms with van der Waals surface area (Å²) in [6, 6.07) is 14.5. The maximum absolute atomic E-state index is 6.13. The van der Waals surface area contributed by atoms with Gasteiger partial charge in [0.15, 0.2) is 5.13 Å². The van der Waals surface area contributed by atoms with Crippen LogP contribution in [-0.4, -0.2) is 11.5 Å². The van der Waals surface area contributed by atoms with Gasteiger partial charge in [-0.2, -0.15) is 0 Å². The van der Waals surface area contributed by atoms with Crippen molar-refractivity contribution in [3.8, 4) is 0 Å². The van der Waals surface area contributed by atoms with Crippen LogP contribution in [0.2, 0.25) is 5.02 Å². The van der Waals surface area contributed by atoms with E-state index >= 15 is 0 Å². The minimum atomic E-state index is 0.777. The van der Waals surface area contributed by atoms with E-state index in [2.05, 4.69) is 40.6 Å². The van der Waals surface area contributed by atoms with E-state index in [0.717, 1.165) is 34.2 Å². The molecule has 0 atom stereocenters. The molecule has 1 N–H and O–H groups in total. The number of thiazole rings is 1. The monoisotopic (exact) mass is 302 g/mol. The summed E-state index contributed by atoms with van der Waals surface area (Å²) in [5.74, 6) is 0. The predicted octanol–water partition coefficient (Wildman–Crippen LogP) is 4.91. The van der Waals surface area contributed by atoms with Crippen LogP contribution in [0.25, 0.3) is 10.2 Å². The van der Waals surface area contributed by atoms with E-state index in [1.165, 1.54) is 10.3 Å². The average molecular weight is 303 g/mol. The van der Waals surface area contributed by atoms with Crippen molar-refractivity contribution in [3.63, 3.8) is 0 Å². The number of rotatable bonds is 4. The van der Waals surface area contributed by atoms with Crippen molar-refractivity contribution in [2.24, 2.45) is 0 Å². The number of nitrogens with one attached hydrogen (secondary N) is 1. The highest BCUT2D eigenvalue weighted by Crippen LogP contribution is 2.30. The summed E-state index contributed by atoms with van der Waals surface area (Å²) in [4.78, 5) is 4.57. The molecule has 3 rings (SSSR count). The number of nitrogens with zero attached hydrogens (tertiary/aromatic N) is 1. The fourth-order valence-corrected chi connectivity index (χ4v) is 3.21. The van der Waals surface area contributed by atoms with Crippen LogP contribution in [0.15, 0.2) is 42.5 Å². The molecule has 0 saturated carbocycles. The molecule has 0 aliphatic rings. The molecule has 1 heterocycles. The Labute approximate surface area is 127 Å². The van der Waals surface area contributed by atoms with Gasteiger partial charge in [0.1, 0.15) is 0 Å². The van der Waals surface area contributed by atoms with Crippen LogP contribution in [0.5, 0.6) is 0 Å². The lowest BCUT2D eigenvalue weighted by molar-refractivity contribution is 1.02. The van der Waals surface area contributed by atoms with E-state index in [0.29, 0.717) is 0 Å². The maximum atomic E-state index is 6.13. The molecular weight excluding hydrogens is 288 g/mol. The first-order valence-electron chi connectivity index (χ1n) is 6.57. The summed E-state index contributed by atoms with van der Waals surface area (Å²) in [6.07, 6.45) is 0.997. The zero-order chi connectivity index (χ0) is 13.9. The number of anilines is 1.